The van der Waals surface area contributed by atoms with Crippen molar-refractivity contribution < 1.29 is 4.74 Å². The maximum Gasteiger partial charge on any atom is 0.341 e. The van der Waals surface area contributed by atoms with Crippen molar-refractivity contribution in [1.29, 1.82) is 0 Å². The first kappa shape index (κ1) is 11.7. The first-order chi connectivity index (χ1) is 9.22. The molecule has 0 saturated carbocycles. The minimum absolute atomic E-state index is 0.166. The van der Waals surface area contributed by atoms with Crippen molar-refractivity contribution >= 4 is 28.3 Å². The van der Waals surface area contributed by atoms with Crippen LogP contribution in [-0.2, 0) is 0 Å². The third kappa shape index (κ3) is 2.41. The molecule has 0 amide bonds. The lowest BCUT2D eigenvalue weighted by Gasteiger charge is -2.05. The van der Waals surface area contributed by atoms with Crippen LogP contribution in [0.15, 0.2) is 42.5 Å². The van der Waals surface area contributed by atoms with E-state index >= 15 is 0 Å². The number of hydrogen-bond donors (Lipinski definition) is 1. The Labute approximate surface area is 114 Å². The van der Waals surface area contributed by atoms with E-state index in [-0.39, 0.29) is 6.01 Å². The summed E-state index contributed by atoms with van der Waals surface area (Å²) in [7, 11) is 0. The van der Waals surface area contributed by atoms with E-state index in [0.717, 1.165) is 0 Å². The molecule has 0 saturated heterocycles. The summed E-state index contributed by atoms with van der Waals surface area (Å²) in [5.41, 5.74) is 7.55. The summed E-state index contributed by atoms with van der Waals surface area (Å²) in [6.07, 6.45) is 0. The smallest absolute Gasteiger partial charge is 0.341 e. The van der Waals surface area contributed by atoms with E-state index in [4.69, 9.17) is 22.1 Å². The summed E-state index contributed by atoms with van der Waals surface area (Å²) in [6.45, 7) is 0. The summed E-state index contributed by atoms with van der Waals surface area (Å²) in [6, 6.07) is 12.5. The molecule has 0 atom stereocenters. The Morgan fingerprint density at radius 1 is 1.00 bits per heavy atom. The van der Waals surface area contributed by atoms with E-state index < -0.39 is 0 Å². The van der Waals surface area contributed by atoms with Crippen molar-refractivity contribution in [2.75, 3.05) is 5.73 Å². The second-order valence-electron chi connectivity index (χ2n) is 3.87. The molecule has 94 valence electrons. The van der Waals surface area contributed by atoms with Crippen LogP contribution in [0.2, 0.25) is 5.02 Å². The molecule has 1 heterocycles. The number of hydrogen-bond acceptors (Lipinski definition) is 5. The topological polar surface area (TPSA) is 73.9 Å². The molecule has 0 radical (unpaired) electrons. The summed E-state index contributed by atoms with van der Waals surface area (Å²) in [5, 5.41) is 8.34. The maximum atomic E-state index is 5.91. The number of para-hydroxylation sites is 1. The third-order valence-corrected chi connectivity index (χ3v) is 2.85. The molecule has 5 nitrogen and oxygen atoms in total. The van der Waals surface area contributed by atoms with Gasteiger partial charge in [0.25, 0.3) is 0 Å². The Balaban J connectivity index is 1.94. The van der Waals surface area contributed by atoms with Gasteiger partial charge in [0, 0.05) is 6.07 Å². The quantitative estimate of drug-likeness (QED) is 0.726. The van der Waals surface area contributed by atoms with Crippen LogP contribution >= 0.6 is 11.6 Å². The van der Waals surface area contributed by atoms with Crippen molar-refractivity contribution in [2.45, 2.75) is 0 Å². The first-order valence-corrected chi connectivity index (χ1v) is 5.92. The highest BCUT2D eigenvalue weighted by Gasteiger charge is 2.05. The summed E-state index contributed by atoms with van der Waals surface area (Å²) in [5.74, 6) is 0.510. The lowest BCUT2D eigenvalue weighted by atomic mass is 10.3. The molecule has 19 heavy (non-hydrogen) atoms. The van der Waals surface area contributed by atoms with Crippen molar-refractivity contribution in [3.05, 3.63) is 47.5 Å². The van der Waals surface area contributed by atoms with Gasteiger partial charge in [-0.25, -0.2) is 0 Å². The van der Waals surface area contributed by atoms with Gasteiger partial charge in [0.1, 0.15) is 11.3 Å². The van der Waals surface area contributed by atoms with Gasteiger partial charge in [0.2, 0.25) is 0 Å². The summed E-state index contributed by atoms with van der Waals surface area (Å²) < 4.78 is 5.50. The third-order valence-electron chi connectivity index (χ3n) is 2.52. The van der Waals surface area contributed by atoms with Crippen LogP contribution in [0.1, 0.15) is 0 Å². The molecule has 0 bridgehead atoms. The predicted octanol–water partition coefficient (Wildman–Crippen LogP) is 3.05. The molecular weight excluding hydrogens is 264 g/mol. The molecule has 2 aromatic carbocycles. The maximum absolute atomic E-state index is 5.91. The number of halogens is 1. The zero-order chi connectivity index (χ0) is 13.2. The van der Waals surface area contributed by atoms with Crippen LogP contribution < -0.4 is 10.5 Å². The highest BCUT2D eigenvalue weighted by Crippen LogP contribution is 2.26. The molecule has 6 heteroatoms. The first-order valence-electron chi connectivity index (χ1n) is 5.55. The number of nitrogen functional groups attached to an aromatic ring is 1. The largest absolute Gasteiger partial charge is 0.423 e. The Morgan fingerprint density at radius 2 is 1.79 bits per heavy atom. The monoisotopic (exact) mass is 272 g/mol. The van der Waals surface area contributed by atoms with Gasteiger partial charge in [-0.3, -0.25) is 0 Å². The van der Waals surface area contributed by atoms with Crippen LogP contribution in [0.4, 0.5) is 5.69 Å². The average Bonchev–Trinajstić information content (AvgIpc) is 2.43. The number of nitrogens with zero attached hydrogens (tertiary/aromatic N) is 3. The number of ether oxygens (including phenoxy) is 1. The van der Waals surface area contributed by atoms with Crippen molar-refractivity contribution in [1.82, 2.24) is 15.2 Å². The minimum atomic E-state index is 0.166. The molecule has 2 N–H and O–H groups in total. The Bertz CT molecular complexity index is 748. The highest BCUT2D eigenvalue weighted by atomic mass is 35.5. The van der Waals surface area contributed by atoms with Crippen LogP contribution in [0.5, 0.6) is 11.8 Å². The second-order valence-corrected chi connectivity index (χ2v) is 4.28. The SMILES string of the molecule is Nc1ccc(Oc2nnc3ccccc3n2)cc1Cl. The normalized spacial score (nSPS) is 10.6. The molecule has 3 rings (SSSR count). The molecule has 0 fully saturated rings. The Hall–Kier alpha value is -2.40. The van der Waals surface area contributed by atoms with Gasteiger partial charge >= 0.3 is 6.01 Å². The van der Waals surface area contributed by atoms with E-state index in [1.54, 1.807) is 18.2 Å². The molecule has 1 aromatic heterocycles. The van der Waals surface area contributed by atoms with Crippen LogP contribution in [-0.4, -0.2) is 15.2 Å². The van der Waals surface area contributed by atoms with E-state index in [1.807, 2.05) is 24.3 Å². The minimum Gasteiger partial charge on any atom is -0.423 e. The van der Waals surface area contributed by atoms with E-state index in [2.05, 4.69) is 15.2 Å². The number of anilines is 1. The lowest BCUT2D eigenvalue weighted by molar-refractivity contribution is 0.437. The van der Waals surface area contributed by atoms with Gasteiger partial charge in [0.15, 0.2) is 0 Å². The number of aromatic nitrogens is 3. The van der Waals surface area contributed by atoms with Gasteiger partial charge in [-0.15, -0.1) is 5.10 Å². The van der Waals surface area contributed by atoms with Gasteiger partial charge in [-0.1, -0.05) is 28.8 Å². The number of benzene rings is 2. The van der Waals surface area contributed by atoms with Crippen molar-refractivity contribution in [3.8, 4) is 11.8 Å². The fraction of sp³-hybridized carbons (Fsp3) is 0. The predicted molar refractivity (Wildman–Crippen MR) is 73.3 cm³/mol. The van der Waals surface area contributed by atoms with Crippen LogP contribution in [0, 0.1) is 0 Å². The van der Waals surface area contributed by atoms with E-state index in [1.165, 1.54) is 0 Å². The Morgan fingerprint density at radius 3 is 2.58 bits per heavy atom. The molecule has 0 aliphatic carbocycles. The fourth-order valence-electron chi connectivity index (χ4n) is 1.59. The molecule has 0 aliphatic rings. The molecule has 3 aromatic rings. The lowest BCUT2D eigenvalue weighted by Crippen LogP contribution is -1.95. The van der Waals surface area contributed by atoms with Gasteiger partial charge in [0.05, 0.1) is 16.2 Å². The Kier molecular flexibility index (Phi) is 2.89. The van der Waals surface area contributed by atoms with Gasteiger partial charge in [-0.05, 0) is 24.3 Å². The van der Waals surface area contributed by atoms with Crippen LogP contribution in [0.25, 0.3) is 11.0 Å². The zero-order valence-corrected chi connectivity index (χ0v) is 10.5. The summed E-state index contributed by atoms with van der Waals surface area (Å²) in [4.78, 5) is 4.25. The van der Waals surface area contributed by atoms with Gasteiger partial charge < -0.3 is 10.5 Å². The van der Waals surface area contributed by atoms with Crippen molar-refractivity contribution in [3.63, 3.8) is 0 Å². The fourth-order valence-corrected chi connectivity index (χ4v) is 1.76. The van der Waals surface area contributed by atoms with Crippen molar-refractivity contribution in [2.24, 2.45) is 0 Å². The molecule has 0 unspecified atom stereocenters. The number of rotatable bonds is 2. The second kappa shape index (κ2) is 4.70. The molecule has 0 aliphatic heterocycles. The highest BCUT2D eigenvalue weighted by molar-refractivity contribution is 6.33. The number of nitrogens with two attached hydrogens (primary N) is 1. The van der Waals surface area contributed by atoms with Gasteiger partial charge in [-0.2, -0.15) is 4.98 Å². The molecule has 0 spiro atoms. The molecular formula is C13H9ClN4O. The number of fused-ring (bicyclic) bond motifs is 1. The summed E-state index contributed by atoms with van der Waals surface area (Å²) >= 11 is 5.91. The average molecular weight is 273 g/mol. The van der Waals surface area contributed by atoms with E-state index in [9.17, 15) is 0 Å². The zero-order valence-electron chi connectivity index (χ0n) is 9.75. The standard InChI is InChI=1S/C13H9ClN4O/c14-9-7-8(5-6-10(9)15)19-13-16-11-3-1-2-4-12(11)17-18-13/h1-7H,15H2. The van der Waals surface area contributed by atoms with E-state index in [0.29, 0.717) is 27.5 Å². The van der Waals surface area contributed by atoms with Crippen LogP contribution in [0.3, 0.4) is 0 Å².